The van der Waals surface area contributed by atoms with E-state index in [4.69, 9.17) is 4.74 Å². The van der Waals surface area contributed by atoms with Gasteiger partial charge in [-0.25, -0.2) is 0 Å². The van der Waals surface area contributed by atoms with E-state index in [1.54, 1.807) is 25.4 Å². The van der Waals surface area contributed by atoms with E-state index in [9.17, 15) is 4.79 Å². The van der Waals surface area contributed by atoms with Gasteiger partial charge in [0, 0.05) is 17.1 Å². The minimum absolute atomic E-state index is 0.203. The van der Waals surface area contributed by atoms with Crippen molar-refractivity contribution < 1.29 is 9.53 Å². The van der Waals surface area contributed by atoms with E-state index in [1.807, 2.05) is 36.4 Å². The summed E-state index contributed by atoms with van der Waals surface area (Å²) in [6.45, 7) is 13.7. The van der Waals surface area contributed by atoms with E-state index in [2.05, 4.69) is 63.3 Å². The fourth-order valence-electron chi connectivity index (χ4n) is 4.96. The standard InChI is InChI=1S/C28H34N2O2Si/c1-19(2)33(20(3)4,21(5)6)17-15-23-18-24(32-7)13-14-25(23)28(31)30-26-12-8-10-22-11-9-16-29-27(22)26/h8-14,16,18-21H,1-7H3,(H,30,31). The van der Waals surface area contributed by atoms with Gasteiger partial charge in [-0.05, 0) is 47.0 Å². The second-order valence-electron chi connectivity index (χ2n) is 9.39. The van der Waals surface area contributed by atoms with Crippen molar-refractivity contribution >= 4 is 30.6 Å². The molecule has 33 heavy (non-hydrogen) atoms. The molecule has 3 rings (SSSR count). The Morgan fingerprint density at radius 2 is 1.64 bits per heavy atom. The largest absolute Gasteiger partial charge is 0.497 e. The van der Waals surface area contributed by atoms with E-state index < -0.39 is 8.07 Å². The fourth-order valence-corrected chi connectivity index (χ4v) is 10.2. The van der Waals surface area contributed by atoms with E-state index >= 15 is 0 Å². The highest BCUT2D eigenvalue weighted by Crippen LogP contribution is 2.41. The number of methoxy groups -OCH3 is 1. The average molecular weight is 459 g/mol. The quantitative estimate of drug-likeness (QED) is 0.318. The molecule has 1 amide bonds. The molecule has 172 valence electrons. The van der Waals surface area contributed by atoms with Crippen molar-refractivity contribution in [2.75, 3.05) is 12.4 Å². The maximum Gasteiger partial charge on any atom is 0.256 e. The van der Waals surface area contributed by atoms with E-state index in [1.165, 1.54) is 0 Å². The number of anilines is 1. The van der Waals surface area contributed by atoms with Crippen LogP contribution in [0.1, 0.15) is 57.5 Å². The first-order valence-corrected chi connectivity index (χ1v) is 13.8. The SMILES string of the molecule is COc1ccc(C(=O)Nc2cccc3cccnc23)c(C#C[Si](C(C)C)(C(C)C)C(C)C)c1. The van der Waals surface area contributed by atoms with Crippen molar-refractivity contribution in [1.29, 1.82) is 0 Å². The summed E-state index contributed by atoms with van der Waals surface area (Å²) in [5, 5.41) is 4.02. The smallest absolute Gasteiger partial charge is 0.256 e. The summed E-state index contributed by atoms with van der Waals surface area (Å²) in [5.74, 6) is 3.92. The van der Waals surface area contributed by atoms with Gasteiger partial charge in [0.1, 0.15) is 13.8 Å². The van der Waals surface area contributed by atoms with Gasteiger partial charge >= 0.3 is 0 Å². The summed E-state index contributed by atoms with van der Waals surface area (Å²) >= 11 is 0. The zero-order chi connectivity index (χ0) is 24.2. The number of hydrogen-bond acceptors (Lipinski definition) is 3. The number of carbonyl (C=O) groups excluding carboxylic acids is 1. The Morgan fingerprint density at radius 1 is 0.970 bits per heavy atom. The Hall–Kier alpha value is -3.10. The number of benzene rings is 2. The van der Waals surface area contributed by atoms with Gasteiger partial charge < -0.3 is 10.1 Å². The molecular formula is C28H34N2O2Si. The minimum atomic E-state index is -1.95. The van der Waals surface area contributed by atoms with Gasteiger partial charge in [-0.2, -0.15) is 0 Å². The number of hydrogen-bond donors (Lipinski definition) is 1. The lowest BCUT2D eigenvalue weighted by atomic mass is 10.1. The van der Waals surface area contributed by atoms with Crippen molar-refractivity contribution in [2.24, 2.45) is 0 Å². The molecule has 0 aliphatic rings. The number of ether oxygens (including phenoxy) is 1. The zero-order valence-electron chi connectivity index (χ0n) is 20.7. The molecule has 0 unspecified atom stereocenters. The highest BCUT2D eigenvalue weighted by atomic mass is 28.3. The summed E-state index contributed by atoms with van der Waals surface area (Å²) in [4.78, 5) is 17.8. The van der Waals surface area contributed by atoms with Crippen molar-refractivity contribution in [1.82, 2.24) is 4.98 Å². The number of nitrogens with one attached hydrogen (secondary N) is 1. The number of carbonyl (C=O) groups is 1. The molecule has 1 N–H and O–H groups in total. The summed E-state index contributed by atoms with van der Waals surface area (Å²) < 4.78 is 5.44. The van der Waals surface area contributed by atoms with Crippen molar-refractivity contribution in [2.45, 2.75) is 58.2 Å². The van der Waals surface area contributed by atoms with Crippen LogP contribution < -0.4 is 10.1 Å². The van der Waals surface area contributed by atoms with Crippen molar-refractivity contribution in [3.8, 4) is 17.2 Å². The predicted molar refractivity (Wildman–Crippen MR) is 141 cm³/mol. The van der Waals surface area contributed by atoms with Crippen LogP contribution in [0.2, 0.25) is 16.6 Å². The van der Waals surface area contributed by atoms with Gasteiger partial charge in [0.15, 0.2) is 0 Å². The molecule has 0 fully saturated rings. The van der Waals surface area contributed by atoms with Gasteiger partial charge in [0.05, 0.1) is 23.9 Å². The first-order valence-electron chi connectivity index (χ1n) is 11.6. The number of fused-ring (bicyclic) bond motifs is 1. The molecular weight excluding hydrogens is 424 g/mol. The maximum absolute atomic E-state index is 13.4. The molecule has 3 aromatic rings. The van der Waals surface area contributed by atoms with E-state index in [0.717, 1.165) is 10.9 Å². The topological polar surface area (TPSA) is 51.2 Å². The van der Waals surface area contributed by atoms with E-state index in [-0.39, 0.29) is 5.91 Å². The number of aromatic nitrogens is 1. The molecule has 0 spiro atoms. The molecule has 1 heterocycles. The van der Waals surface area contributed by atoms with Crippen molar-refractivity contribution in [3.63, 3.8) is 0 Å². The Morgan fingerprint density at radius 3 is 2.27 bits per heavy atom. The van der Waals surface area contributed by atoms with Crippen molar-refractivity contribution in [3.05, 3.63) is 65.9 Å². The lowest BCUT2D eigenvalue weighted by Gasteiger charge is -2.38. The predicted octanol–water partition coefficient (Wildman–Crippen LogP) is 7.07. The van der Waals surface area contributed by atoms with Gasteiger partial charge in [0.25, 0.3) is 5.91 Å². The first-order chi connectivity index (χ1) is 15.7. The average Bonchev–Trinajstić information content (AvgIpc) is 2.78. The zero-order valence-corrected chi connectivity index (χ0v) is 21.7. The van der Waals surface area contributed by atoms with Crippen LogP contribution in [0, 0.1) is 11.5 Å². The van der Waals surface area contributed by atoms with Gasteiger partial charge in [-0.1, -0.05) is 65.7 Å². The third kappa shape index (κ3) is 4.96. The summed E-state index contributed by atoms with van der Waals surface area (Å²) in [6, 6.07) is 15.1. The van der Waals surface area contributed by atoms with Crippen LogP contribution in [0.4, 0.5) is 5.69 Å². The number of para-hydroxylation sites is 1. The lowest BCUT2D eigenvalue weighted by Crippen LogP contribution is -2.43. The Bertz CT molecular complexity index is 1180. The van der Waals surface area contributed by atoms with Gasteiger partial charge in [-0.15, -0.1) is 5.54 Å². The van der Waals surface area contributed by atoms with Crippen LogP contribution in [-0.4, -0.2) is 26.1 Å². The van der Waals surface area contributed by atoms with Crippen LogP contribution in [0.5, 0.6) is 5.75 Å². The van der Waals surface area contributed by atoms with Gasteiger partial charge in [0.2, 0.25) is 0 Å². The summed E-state index contributed by atoms with van der Waals surface area (Å²) in [6.07, 6.45) is 1.73. The van der Waals surface area contributed by atoms with Crippen LogP contribution >= 0.6 is 0 Å². The Kier molecular flexibility index (Phi) is 7.60. The monoisotopic (exact) mass is 458 g/mol. The highest BCUT2D eigenvalue weighted by molar-refractivity contribution is 6.90. The number of rotatable bonds is 6. The molecule has 5 heteroatoms. The highest BCUT2D eigenvalue weighted by Gasteiger charge is 2.41. The molecule has 0 atom stereocenters. The number of pyridine rings is 1. The van der Waals surface area contributed by atoms with Gasteiger partial charge in [-0.3, -0.25) is 9.78 Å². The third-order valence-corrected chi connectivity index (χ3v) is 12.9. The first kappa shape index (κ1) is 24.5. The molecule has 0 radical (unpaired) electrons. The Labute approximate surface area is 198 Å². The van der Waals surface area contributed by atoms with E-state index in [0.29, 0.717) is 39.2 Å². The fraction of sp³-hybridized carbons (Fsp3) is 0.357. The van der Waals surface area contributed by atoms with Crippen LogP contribution in [0.25, 0.3) is 10.9 Å². The summed E-state index contributed by atoms with van der Waals surface area (Å²) in [7, 11) is -0.321. The molecule has 0 saturated carbocycles. The molecule has 0 saturated heterocycles. The number of nitrogens with zero attached hydrogens (tertiary/aromatic N) is 1. The Balaban J connectivity index is 2.07. The van der Waals surface area contributed by atoms with Crippen LogP contribution in [0.3, 0.4) is 0 Å². The third-order valence-electron chi connectivity index (χ3n) is 6.63. The van der Waals surface area contributed by atoms with Crippen LogP contribution in [0.15, 0.2) is 54.7 Å². The molecule has 2 aromatic carbocycles. The molecule has 4 nitrogen and oxygen atoms in total. The lowest BCUT2D eigenvalue weighted by molar-refractivity contribution is 0.102. The van der Waals surface area contributed by atoms with Crippen LogP contribution in [-0.2, 0) is 0 Å². The molecule has 0 aliphatic carbocycles. The number of amides is 1. The molecule has 0 bridgehead atoms. The molecule has 1 aromatic heterocycles. The molecule has 0 aliphatic heterocycles. The minimum Gasteiger partial charge on any atom is -0.497 e. The second kappa shape index (κ2) is 10.2. The summed E-state index contributed by atoms with van der Waals surface area (Å²) in [5.41, 5.74) is 7.93. The maximum atomic E-state index is 13.4. The normalized spacial score (nSPS) is 11.6. The second-order valence-corrected chi connectivity index (χ2v) is 15.0.